The largest absolute Gasteiger partial charge is 0.454 e. The van der Waals surface area contributed by atoms with E-state index in [1.807, 2.05) is 26.0 Å². The normalized spacial score (nSPS) is 16.9. The number of fused-ring (bicyclic) bond motifs is 2. The Hall–Kier alpha value is -3.32. The quantitative estimate of drug-likeness (QED) is 0.639. The van der Waals surface area contributed by atoms with Crippen molar-refractivity contribution in [3.05, 3.63) is 63.8 Å². The van der Waals surface area contributed by atoms with Gasteiger partial charge in [0.2, 0.25) is 12.7 Å². The van der Waals surface area contributed by atoms with Crippen molar-refractivity contribution in [2.24, 2.45) is 0 Å². The molecule has 5 rings (SSSR count). The number of Topliss-reactive ketones (excluding diaryl/α,β-unsaturated/α-hetero) is 1. The molecule has 0 unspecified atom stereocenters. The Balaban J connectivity index is 1.61. The SMILES string of the molecule is Cc1nn(-c2cccc(Cl)c2C)c2c1[C@H](C(=O)c1ccc3c(c1)OCO3)CC(=O)N2. The van der Waals surface area contributed by atoms with Crippen LogP contribution in [0, 0.1) is 13.8 Å². The number of carbonyl (C=O) groups excluding carboxylic acids is 2. The molecule has 0 aliphatic carbocycles. The Morgan fingerprint density at radius 2 is 2.00 bits per heavy atom. The monoisotopic (exact) mass is 423 g/mol. The van der Waals surface area contributed by atoms with Gasteiger partial charge in [0, 0.05) is 22.6 Å². The maximum absolute atomic E-state index is 13.4. The Bertz CT molecular complexity index is 1220. The van der Waals surface area contributed by atoms with E-state index in [9.17, 15) is 9.59 Å². The highest BCUT2D eigenvalue weighted by Crippen LogP contribution is 2.40. The molecule has 1 N–H and O–H groups in total. The molecule has 0 bridgehead atoms. The van der Waals surface area contributed by atoms with Crippen molar-refractivity contribution in [1.29, 1.82) is 0 Å². The lowest BCUT2D eigenvalue weighted by Gasteiger charge is -2.23. The summed E-state index contributed by atoms with van der Waals surface area (Å²) in [5, 5.41) is 8.12. The third kappa shape index (κ3) is 2.85. The van der Waals surface area contributed by atoms with Crippen LogP contribution in [0.15, 0.2) is 36.4 Å². The summed E-state index contributed by atoms with van der Waals surface area (Å²) in [6, 6.07) is 10.6. The van der Waals surface area contributed by atoms with E-state index in [2.05, 4.69) is 10.4 Å². The third-order valence-corrected chi connectivity index (χ3v) is 5.95. The van der Waals surface area contributed by atoms with E-state index in [0.717, 1.165) is 16.8 Å². The number of aryl methyl sites for hydroxylation is 1. The van der Waals surface area contributed by atoms with Gasteiger partial charge in [-0.25, -0.2) is 4.68 Å². The molecule has 1 amide bonds. The minimum absolute atomic E-state index is 0.0569. The van der Waals surface area contributed by atoms with Gasteiger partial charge in [-0.15, -0.1) is 0 Å². The van der Waals surface area contributed by atoms with Crippen molar-refractivity contribution in [3.8, 4) is 17.2 Å². The maximum atomic E-state index is 13.4. The highest BCUT2D eigenvalue weighted by atomic mass is 35.5. The molecule has 0 saturated heterocycles. The summed E-state index contributed by atoms with van der Waals surface area (Å²) < 4.78 is 12.4. The fourth-order valence-corrected chi connectivity index (χ4v) is 4.19. The molecule has 1 aromatic heterocycles. The molecule has 2 aromatic carbocycles. The fourth-order valence-electron chi connectivity index (χ4n) is 4.02. The zero-order chi connectivity index (χ0) is 21.0. The average molecular weight is 424 g/mol. The summed E-state index contributed by atoms with van der Waals surface area (Å²) in [7, 11) is 0. The first-order valence-electron chi connectivity index (χ1n) is 9.52. The van der Waals surface area contributed by atoms with E-state index in [-0.39, 0.29) is 24.9 Å². The van der Waals surface area contributed by atoms with E-state index in [0.29, 0.717) is 33.6 Å². The molecule has 3 aromatic rings. The Morgan fingerprint density at radius 3 is 2.83 bits per heavy atom. The van der Waals surface area contributed by atoms with Gasteiger partial charge in [0.15, 0.2) is 17.3 Å². The molecule has 2 aliphatic rings. The van der Waals surface area contributed by atoms with E-state index < -0.39 is 5.92 Å². The second-order valence-corrected chi connectivity index (χ2v) is 7.79. The van der Waals surface area contributed by atoms with E-state index in [1.54, 1.807) is 28.9 Å². The fraction of sp³-hybridized carbons (Fsp3) is 0.227. The number of aromatic nitrogens is 2. The molecule has 2 aliphatic heterocycles. The minimum atomic E-state index is -0.637. The molecule has 1 atom stereocenters. The van der Waals surface area contributed by atoms with Gasteiger partial charge in [-0.1, -0.05) is 17.7 Å². The number of hydrogen-bond donors (Lipinski definition) is 1. The van der Waals surface area contributed by atoms with Gasteiger partial charge in [0.1, 0.15) is 5.82 Å². The predicted molar refractivity (Wildman–Crippen MR) is 111 cm³/mol. The first-order valence-corrected chi connectivity index (χ1v) is 9.90. The van der Waals surface area contributed by atoms with Gasteiger partial charge in [-0.2, -0.15) is 5.10 Å². The second-order valence-electron chi connectivity index (χ2n) is 7.38. The minimum Gasteiger partial charge on any atom is -0.454 e. The molecule has 3 heterocycles. The summed E-state index contributed by atoms with van der Waals surface area (Å²) in [5.74, 6) is 0.616. The Morgan fingerprint density at radius 1 is 1.20 bits per heavy atom. The smallest absolute Gasteiger partial charge is 0.231 e. The maximum Gasteiger partial charge on any atom is 0.231 e. The number of nitrogens with zero attached hydrogens (tertiary/aromatic N) is 2. The molecular weight excluding hydrogens is 406 g/mol. The third-order valence-electron chi connectivity index (χ3n) is 5.54. The lowest BCUT2D eigenvalue weighted by molar-refractivity contribution is -0.116. The van der Waals surface area contributed by atoms with Crippen LogP contribution in [0.5, 0.6) is 11.5 Å². The van der Waals surface area contributed by atoms with Crippen LogP contribution in [-0.4, -0.2) is 28.3 Å². The Kier molecular flexibility index (Phi) is 4.29. The van der Waals surface area contributed by atoms with Crippen LogP contribution < -0.4 is 14.8 Å². The molecule has 7 nitrogen and oxygen atoms in total. The number of anilines is 1. The van der Waals surface area contributed by atoms with Gasteiger partial charge >= 0.3 is 0 Å². The summed E-state index contributed by atoms with van der Waals surface area (Å²) >= 11 is 6.28. The topological polar surface area (TPSA) is 82.5 Å². The van der Waals surface area contributed by atoms with E-state index in [4.69, 9.17) is 21.1 Å². The van der Waals surface area contributed by atoms with Crippen LogP contribution >= 0.6 is 11.6 Å². The van der Waals surface area contributed by atoms with Crippen molar-refractivity contribution >= 4 is 29.1 Å². The number of carbonyl (C=O) groups is 2. The summed E-state index contributed by atoms with van der Waals surface area (Å²) in [6.45, 7) is 3.86. The zero-order valence-electron chi connectivity index (χ0n) is 16.4. The lowest BCUT2D eigenvalue weighted by atomic mass is 9.85. The molecule has 8 heteroatoms. The van der Waals surface area contributed by atoms with Crippen LogP contribution in [0.3, 0.4) is 0 Å². The van der Waals surface area contributed by atoms with Crippen molar-refractivity contribution < 1.29 is 19.1 Å². The molecule has 0 radical (unpaired) electrons. The number of halogens is 1. The van der Waals surface area contributed by atoms with Crippen LogP contribution in [0.2, 0.25) is 5.02 Å². The number of hydrogen-bond acceptors (Lipinski definition) is 5. The van der Waals surface area contributed by atoms with Gasteiger partial charge < -0.3 is 14.8 Å². The number of nitrogens with one attached hydrogen (secondary N) is 1. The average Bonchev–Trinajstić information content (AvgIpc) is 3.33. The van der Waals surface area contributed by atoms with Crippen molar-refractivity contribution in [3.63, 3.8) is 0 Å². The second kappa shape index (κ2) is 6.88. The number of benzene rings is 2. The number of rotatable bonds is 3. The van der Waals surface area contributed by atoms with Crippen molar-refractivity contribution in [1.82, 2.24) is 9.78 Å². The molecule has 152 valence electrons. The van der Waals surface area contributed by atoms with Gasteiger partial charge in [0.25, 0.3) is 0 Å². The molecule has 30 heavy (non-hydrogen) atoms. The molecule has 0 fully saturated rings. The standard InChI is InChI=1S/C22H18ClN3O4/c1-11-15(23)4-3-5-16(11)26-22-20(12(2)25-26)14(9-19(27)24-22)21(28)13-6-7-17-18(8-13)30-10-29-17/h3-8,14H,9-10H2,1-2H3,(H,24,27)/t14-/m1/s1. The predicted octanol–water partition coefficient (Wildman–Crippen LogP) is 4.18. The number of ketones is 1. The van der Waals surface area contributed by atoms with Crippen molar-refractivity contribution in [2.75, 3.05) is 12.1 Å². The van der Waals surface area contributed by atoms with Gasteiger partial charge in [-0.05, 0) is 49.7 Å². The lowest BCUT2D eigenvalue weighted by Crippen LogP contribution is -2.28. The molecular formula is C22H18ClN3O4. The highest BCUT2D eigenvalue weighted by molar-refractivity contribution is 6.31. The summed E-state index contributed by atoms with van der Waals surface area (Å²) in [5.41, 5.74) is 3.46. The zero-order valence-corrected chi connectivity index (χ0v) is 17.1. The van der Waals surface area contributed by atoms with Crippen LogP contribution in [0.1, 0.15) is 39.5 Å². The Labute approximate surface area is 177 Å². The summed E-state index contributed by atoms with van der Waals surface area (Å²) in [4.78, 5) is 25.9. The van der Waals surface area contributed by atoms with E-state index >= 15 is 0 Å². The number of ether oxygens (including phenoxy) is 2. The molecule has 0 spiro atoms. The van der Waals surface area contributed by atoms with Crippen LogP contribution in [-0.2, 0) is 4.79 Å². The molecule has 0 saturated carbocycles. The van der Waals surface area contributed by atoms with Gasteiger partial charge in [-0.3, -0.25) is 9.59 Å². The van der Waals surface area contributed by atoms with Crippen molar-refractivity contribution in [2.45, 2.75) is 26.2 Å². The van der Waals surface area contributed by atoms with E-state index in [1.165, 1.54) is 0 Å². The summed E-state index contributed by atoms with van der Waals surface area (Å²) in [6.07, 6.45) is 0.0569. The van der Waals surface area contributed by atoms with Crippen LogP contribution in [0.25, 0.3) is 5.69 Å². The van der Waals surface area contributed by atoms with Gasteiger partial charge in [0.05, 0.1) is 17.3 Å². The highest BCUT2D eigenvalue weighted by Gasteiger charge is 2.37. The number of amides is 1. The van der Waals surface area contributed by atoms with Crippen LogP contribution in [0.4, 0.5) is 5.82 Å². The first kappa shape index (κ1) is 18.7. The first-order chi connectivity index (χ1) is 14.4.